The average Bonchev–Trinajstić information content (AvgIpc) is 2.42. The highest BCUT2D eigenvalue weighted by atomic mass is 35.5. The van der Waals surface area contributed by atoms with Gasteiger partial charge in [-0.15, -0.1) is 0 Å². The molecular formula is C17H27ClN2. The van der Waals surface area contributed by atoms with Crippen molar-refractivity contribution in [1.29, 1.82) is 0 Å². The molecule has 1 aliphatic rings. The molecule has 1 aromatic carbocycles. The van der Waals surface area contributed by atoms with Crippen molar-refractivity contribution in [2.24, 2.45) is 0 Å². The molecule has 1 aliphatic heterocycles. The largest absolute Gasteiger partial charge is 0.313 e. The van der Waals surface area contributed by atoms with Crippen molar-refractivity contribution in [2.45, 2.75) is 52.1 Å². The predicted molar refractivity (Wildman–Crippen MR) is 87.4 cm³/mol. The molecule has 0 saturated carbocycles. The first-order valence-electron chi connectivity index (χ1n) is 7.86. The molecule has 1 saturated heterocycles. The van der Waals surface area contributed by atoms with Crippen LogP contribution in [0.25, 0.3) is 0 Å². The van der Waals surface area contributed by atoms with Crippen LogP contribution in [-0.2, 0) is 6.54 Å². The minimum Gasteiger partial charge on any atom is -0.313 e. The third kappa shape index (κ3) is 4.76. The Morgan fingerprint density at radius 2 is 2.20 bits per heavy atom. The molecule has 20 heavy (non-hydrogen) atoms. The molecule has 0 aromatic heterocycles. The van der Waals surface area contributed by atoms with Gasteiger partial charge in [0, 0.05) is 17.6 Å². The molecule has 1 N–H and O–H groups in total. The maximum Gasteiger partial charge on any atom is 0.0408 e. The number of halogens is 1. The highest BCUT2D eigenvalue weighted by Crippen LogP contribution is 2.16. The van der Waals surface area contributed by atoms with E-state index in [9.17, 15) is 0 Å². The molecule has 1 unspecified atom stereocenters. The number of likely N-dealkylation sites (tertiary alicyclic amines) is 1. The lowest BCUT2D eigenvalue weighted by atomic mass is 10.0. The van der Waals surface area contributed by atoms with Gasteiger partial charge in [0.05, 0.1) is 0 Å². The van der Waals surface area contributed by atoms with E-state index in [-0.39, 0.29) is 0 Å². The van der Waals surface area contributed by atoms with E-state index < -0.39 is 0 Å². The fourth-order valence-corrected chi connectivity index (χ4v) is 3.20. The summed E-state index contributed by atoms with van der Waals surface area (Å²) in [6.07, 6.45) is 5.39. The number of hydrogen-bond donors (Lipinski definition) is 1. The van der Waals surface area contributed by atoms with E-state index in [1.807, 2.05) is 12.1 Å². The number of rotatable bonds is 6. The number of piperidine rings is 1. The van der Waals surface area contributed by atoms with E-state index >= 15 is 0 Å². The first kappa shape index (κ1) is 15.8. The van der Waals surface area contributed by atoms with Gasteiger partial charge >= 0.3 is 0 Å². The van der Waals surface area contributed by atoms with Crippen molar-refractivity contribution < 1.29 is 0 Å². The molecule has 0 spiro atoms. The Labute approximate surface area is 128 Å². The predicted octanol–water partition coefficient (Wildman–Crippen LogP) is 4.00. The molecule has 2 nitrogen and oxygen atoms in total. The topological polar surface area (TPSA) is 15.3 Å². The fourth-order valence-electron chi connectivity index (χ4n) is 2.98. The van der Waals surface area contributed by atoms with Gasteiger partial charge in [0.25, 0.3) is 0 Å². The van der Waals surface area contributed by atoms with Crippen LogP contribution in [0.3, 0.4) is 0 Å². The minimum absolute atomic E-state index is 0.780. The molecule has 1 fully saturated rings. The van der Waals surface area contributed by atoms with Gasteiger partial charge in [0.1, 0.15) is 0 Å². The molecule has 2 rings (SSSR count). The van der Waals surface area contributed by atoms with E-state index in [0.717, 1.165) is 24.2 Å². The summed E-state index contributed by atoms with van der Waals surface area (Å²) >= 11 is 5.97. The van der Waals surface area contributed by atoms with E-state index in [1.54, 1.807) is 0 Å². The summed E-state index contributed by atoms with van der Waals surface area (Å²) in [4.78, 5) is 2.64. The van der Waals surface area contributed by atoms with Crippen molar-refractivity contribution in [3.8, 4) is 0 Å². The van der Waals surface area contributed by atoms with Crippen LogP contribution in [-0.4, -0.2) is 30.6 Å². The summed E-state index contributed by atoms with van der Waals surface area (Å²) in [6, 6.07) is 6.91. The Hall–Kier alpha value is -0.570. The summed E-state index contributed by atoms with van der Waals surface area (Å²) < 4.78 is 0. The molecule has 3 heteroatoms. The van der Waals surface area contributed by atoms with Gasteiger partial charge in [-0.25, -0.2) is 0 Å². The first-order valence-corrected chi connectivity index (χ1v) is 8.24. The lowest BCUT2D eigenvalue weighted by Crippen LogP contribution is -2.38. The van der Waals surface area contributed by atoms with Crippen molar-refractivity contribution in [3.05, 3.63) is 34.3 Å². The molecule has 0 radical (unpaired) electrons. The number of aryl methyl sites for hydroxylation is 1. The minimum atomic E-state index is 0.780. The Kier molecular flexibility index (Phi) is 6.34. The smallest absolute Gasteiger partial charge is 0.0408 e. The number of nitrogens with zero attached hydrogens (tertiary/aromatic N) is 1. The zero-order chi connectivity index (χ0) is 14.4. The van der Waals surface area contributed by atoms with Crippen LogP contribution in [0, 0.1) is 6.92 Å². The lowest BCUT2D eigenvalue weighted by molar-refractivity contribution is 0.159. The summed E-state index contributed by atoms with van der Waals surface area (Å²) in [5, 5.41) is 4.37. The molecule has 0 bridgehead atoms. The number of benzene rings is 1. The van der Waals surface area contributed by atoms with Crippen LogP contribution in [0.4, 0.5) is 0 Å². The van der Waals surface area contributed by atoms with Crippen molar-refractivity contribution in [3.63, 3.8) is 0 Å². The van der Waals surface area contributed by atoms with Gasteiger partial charge in [-0.3, -0.25) is 0 Å². The van der Waals surface area contributed by atoms with E-state index in [4.69, 9.17) is 11.6 Å². The third-order valence-electron chi connectivity index (χ3n) is 4.36. The van der Waals surface area contributed by atoms with Crippen LogP contribution < -0.4 is 5.32 Å². The third-order valence-corrected chi connectivity index (χ3v) is 4.59. The Morgan fingerprint density at radius 3 is 2.95 bits per heavy atom. The summed E-state index contributed by atoms with van der Waals surface area (Å²) in [6.45, 7) is 9.04. The maximum absolute atomic E-state index is 5.97. The molecule has 0 aliphatic carbocycles. The second kappa shape index (κ2) is 8.02. The highest BCUT2D eigenvalue weighted by Gasteiger charge is 2.16. The summed E-state index contributed by atoms with van der Waals surface area (Å²) in [7, 11) is 0. The zero-order valence-electron chi connectivity index (χ0n) is 12.8. The molecule has 0 amide bonds. The van der Waals surface area contributed by atoms with Crippen LogP contribution >= 0.6 is 11.6 Å². The monoisotopic (exact) mass is 294 g/mol. The standard InChI is InChI=1S/C17H27ClN2/c1-14-12-17(18)8-7-16(14)13-19-9-5-11-20-10-4-3-6-15(20)2/h7-8,12,15,19H,3-6,9-11,13H2,1-2H3. The van der Waals surface area contributed by atoms with Crippen LogP contribution in [0.5, 0.6) is 0 Å². The fraction of sp³-hybridized carbons (Fsp3) is 0.647. The van der Waals surface area contributed by atoms with Crippen LogP contribution in [0.1, 0.15) is 43.7 Å². The quantitative estimate of drug-likeness (QED) is 0.798. The molecule has 112 valence electrons. The summed E-state index contributed by atoms with van der Waals surface area (Å²) in [5.41, 5.74) is 2.62. The van der Waals surface area contributed by atoms with Crippen LogP contribution in [0.2, 0.25) is 5.02 Å². The lowest BCUT2D eigenvalue weighted by Gasteiger charge is -2.33. The van der Waals surface area contributed by atoms with E-state index in [1.165, 1.54) is 49.9 Å². The van der Waals surface area contributed by atoms with Gasteiger partial charge in [0.2, 0.25) is 0 Å². The molecule has 1 atom stereocenters. The zero-order valence-corrected chi connectivity index (χ0v) is 13.5. The van der Waals surface area contributed by atoms with Crippen molar-refractivity contribution in [1.82, 2.24) is 10.2 Å². The normalized spacial score (nSPS) is 20.2. The number of nitrogens with one attached hydrogen (secondary N) is 1. The molecular weight excluding hydrogens is 268 g/mol. The Bertz CT molecular complexity index is 419. The Morgan fingerprint density at radius 1 is 1.35 bits per heavy atom. The SMILES string of the molecule is Cc1cc(Cl)ccc1CNCCCN1CCCCC1C. The van der Waals surface area contributed by atoms with E-state index in [0.29, 0.717) is 0 Å². The second-order valence-electron chi connectivity index (χ2n) is 5.98. The average molecular weight is 295 g/mol. The molecule has 1 heterocycles. The second-order valence-corrected chi connectivity index (χ2v) is 6.42. The van der Waals surface area contributed by atoms with E-state index in [2.05, 4.69) is 30.1 Å². The summed E-state index contributed by atoms with van der Waals surface area (Å²) in [5.74, 6) is 0. The van der Waals surface area contributed by atoms with Gasteiger partial charge in [-0.05, 0) is 76.0 Å². The van der Waals surface area contributed by atoms with Crippen LogP contribution in [0.15, 0.2) is 18.2 Å². The maximum atomic E-state index is 5.97. The van der Waals surface area contributed by atoms with Gasteiger partial charge in [-0.2, -0.15) is 0 Å². The van der Waals surface area contributed by atoms with Gasteiger partial charge in [0.15, 0.2) is 0 Å². The van der Waals surface area contributed by atoms with Gasteiger partial charge < -0.3 is 10.2 Å². The molecule has 1 aromatic rings. The Balaban J connectivity index is 1.64. The van der Waals surface area contributed by atoms with Crippen molar-refractivity contribution >= 4 is 11.6 Å². The van der Waals surface area contributed by atoms with Gasteiger partial charge in [-0.1, -0.05) is 24.1 Å². The highest BCUT2D eigenvalue weighted by molar-refractivity contribution is 6.30. The number of hydrogen-bond acceptors (Lipinski definition) is 2. The van der Waals surface area contributed by atoms with Crippen molar-refractivity contribution in [2.75, 3.05) is 19.6 Å². The first-order chi connectivity index (χ1) is 9.66.